The van der Waals surface area contributed by atoms with Crippen molar-refractivity contribution < 1.29 is 0 Å². The van der Waals surface area contributed by atoms with Gasteiger partial charge in [0.1, 0.15) is 0 Å². The number of aromatic nitrogens is 2. The summed E-state index contributed by atoms with van der Waals surface area (Å²) in [6, 6.07) is 14.9. The van der Waals surface area contributed by atoms with Gasteiger partial charge in [-0.3, -0.25) is 0 Å². The van der Waals surface area contributed by atoms with Gasteiger partial charge in [-0.15, -0.1) is 11.8 Å². The summed E-state index contributed by atoms with van der Waals surface area (Å²) in [5, 5.41) is 1.29. The van der Waals surface area contributed by atoms with E-state index in [0.717, 1.165) is 24.4 Å². The summed E-state index contributed by atoms with van der Waals surface area (Å²) >= 11 is 7.97. The molecule has 1 unspecified atom stereocenters. The Kier molecular flexibility index (Phi) is 6.22. The lowest BCUT2D eigenvalue weighted by Crippen LogP contribution is -2.13. The van der Waals surface area contributed by atoms with Crippen molar-refractivity contribution in [2.75, 3.05) is 0 Å². The minimum atomic E-state index is 0.491. The van der Waals surface area contributed by atoms with E-state index in [9.17, 15) is 0 Å². The van der Waals surface area contributed by atoms with E-state index >= 15 is 0 Å². The Labute approximate surface area is 159 Å². The second-order valence-electron chi connectivity index (χ2n) is 6.43. The highest BCUT2D eigenvalue weighted by molar-refractivity contribution is 8.00. The molecule has 1 atom stereocenters. The van der Waals surface area contributed by atoms with Gasteiger partial charge in [0.25, 0.3) is 0 Å². The molecule has 1 heterocycles. The molecule has 3 aromatic rings. The van der Waals surface area contributed by atoms with E-state index in [2.05, 4.69) is 53.7 Å². The van der Waals surface area contributed by atoms with E-state index in [4.69, 9.17) is 11.6 Å². The van der Waals surface area contributed by atoms with Crippen molar-refractivity contribution >= 4 is 23.4 Å². The molecule has 0 aliphatic carbocycles. The first kappa shape index (κ1) is 18.1. The molecule has 0 spiro atoms. The summed E-state index contributed by atoms with van der Waals surface area (Å²) in [7, 11) is 0. The molecule has 0 N–H and O–H groups in total. The minimum absolute atomic E-state index is 0.491. The molecule has 1 aromatic heterocycles. The van der Waals surface area contributed by atoms with Crippen LogP contribution in [-0.2, 0) is 13.0 Å². The van der Waals surface area contributed by atoms with Crippen LogP contribution in [0.1, 0.15) is 23.1 Å². The van der Waals surface area contributed by atoms with Gasteiger partial charge in [0, 0.05) is 34.1 Å². The monoisotopic (exact) mass is 370 g/mol. The standard InChI is InChI=1S/C21H23ClN2S/c1-16-3-4-17(2)21(13-16)25-20(14-24-12-11-23-15-24)10-7-18-5-8-19(22)9-6-18/h3-6,8-9,11-13,15,20H,7,10,14H2,1-2H3. The van der Waals surface area contributed by atoms with E-state index in [1.807, 2.05) is 42.6 Å². The first-order valence-electron chi connectivity index (χ1n) is 8.54. The number of aryl methyl sites for hydroxylation is 3. The van der Waals surface area contributed by atoms with E-state index < -0.39 is 0 Å². The second-order valence-corrected chi connectivity index (χ2v) is 8.21. The maximum Gasteiger partial charge on any atom is 0.0946 e. The fourth-order valence-electron chi connectivity index (χ4n) is 2.81. The Balaban J connectivity index is 1.72. The van der Waals surface area contributed by atoms with Gasteiger partial charge in [-0.05, 0) is 56.0 Å². The van der Waals surface area contributed by atoms with Crippen LogP contribution in [0.3, 0.4) is 0 Å². The zero-order valence-corrected chi connectivity index (χ0v) is 16.2. The number of hydrogen-bond acceptors (Lipinski definition) is 2. The second kappa shape index (κ2) is 8.59. The van der Waals surface area contributed by atoms with Crippen LogP contribution >= 0.6 is 23.4 Å². The molecule has 3 rings (SSSR count). The highest BCUT2D eigenvalue weighted by Crippen LogP contribution is 2.31. The Morgan fingerprint density at radius 1 is 1.12 bits per heavy atom. The molecule has 0 saturated carbocycles. The first-order chi connectivity index (χ1) is 12.1. The van der Waals surface area contributed by atoms with Crippen molar-refractivity contribution in [2.45, 2.75) is 43.4 Å². The number of halogens is 1. The van der Waals surface area contributed by atoms with Gasteiger partial charge in [0.05, 0.1) is 6.33 Å². The predicted octanol–water partition coefficient (Wildman–Crippen LogP) is 5.95. The molecular weight excluding hydrogens is 348 g/mol. The molecule has 0 radical (unpaired) electrons. The van der Waals surface area contributed by atoms with Crippen molar-refractivity contribution in [3.63, 3.8) is 0 Å². The molecule has 25 heavy (non-hydrogen) atoms. The smallest absolute Gasteiger partial charge is 0.0946 e. The normalized spacial score (nSPS) is 12.3. The van der Waals surface area contributed by atoms with Crippen LogP contribution in [0.4, 0.5) is 0 Å². The van der Waals surface area contributed by atoms with Crippen LogP contribution in [0.15, 0.2) is 66.1 Å². The topological polar surface area (TPSA) is 17.8 Å². The average Bonchev–Trinajstić information content (AvgIpc) is 3.10. The predicted molar refractivity (Wildman–Crippen MR) is 108 cm³/mol. The van der Waals surface area contributed by atoms with Gasteiger partial charge in [0.2, 0.25) is 0 Å². The number of rotatable bonds is 7. The van der Waals surface area contributed by atoms with Gasteiger partial charge in [0.15, 0.2) is 0 Å². The Morgan fingerprint density at radius 3 is 2.64 bits per heavy atom. The zero-order chi connectivity index (χ0) is 17.6. The Bertz CT molecular complexity index is 797. The number of thioether (sulfide) groups is 1. The van der Waals surface area contributed by atoms with E-state index in [0.29, 0.717) is 5.25 Å². The van der Waals surface area contributed by atoms with Crippen LogP contribution in [0.2, 0.25) is 5.02 Å². The van der Waals surface area contributed by atoms with Crippen molar-refractivity contribution in [3.05, 3.63) is 82.9 Å². The van der Waals surface area contributed by atoms with Gasteiger partial charge < -0.3 is 4.57 Å². The molecule has 130 valence electrons. The lowest BCUT2D eigenvalue weighted by Gasteiger charge is -2.19. The number of benzene rings is 2. The van der Waals surface area contributed by atoms with Gasteiger partial charge in [-0.25, -0.2) is 4.98 Å². The van der Waals surface area contributed by atoms with Gasteiger partial charge in [-0.1, -0.05) is 41.4 Å². The number of imidazole rings is 1. The van der Waals surface area contributed by atoms with Gasteiger partial charge in [-0.2, -0.15) is 0 Å². The van der Waals surface area contributed by atoms with Crippen LogP contribution < -0.4 is 0 Å². The van der Waals surface area contributed by atoms with Crippen LogP contribution in [0, 0.1) is 13.8 Å². The fourth-order valence-corrected chi connectivity index (χ4v) is 4.29. The third kappa shape index (κ3) is 5.38. The third-order valence-electron chi connectivity index (χ3n) is 4.28. The van der Waals surface area contributed by atoms with Crippen molar-refractivity contribution in [1.29, 1.82) is 0 Å². The summed E-state index contributed by atoms with van der Waals surface area (Å²) in [4.78, 5) is 5.56. The fraction of sp³-hybridized carbons (Fsp3) is 0.286. The lowest BCUT2D eigenvalue weighted by molar-refractivity contribution is 0.624. The molecule has 4 heteroatoms. The first-order valence-corrected chi connectivity index (χ1v) is 9.80. The quantitative estimate of drug-likeness (QED) is 0.478. The Hall–Kier alpha value is -1.71. The maximum atomic E-state index is 5.99. The minimum Gasteiger partial charge on any atom is -0.336 e. The average molecular weight is 371 g/mol. The van der Waals surface area contributed by atoms with E-state index in [-0.39, 0.29) is 0 Å². The largest absolute Gasteiger partial charge is 0.336 e. The summed E-state index contributed by atoms with van der Waals surface area (Å²) in [6.45, 7) is 5.31. The summed E-state index contributed by atoms with van der Waals surface area (Å²) in [5.41, 5.74) is 3.99. The van der Waals surface area contributed by atoms with Crippen LogP contribution in [0.25, 0.3) is 0 Å². The summed E-state index contributed by atoms with van der Waals surface area (Å²) in [5.74, 6) is 0. The SMILES string of the molecule is Cc1ccc(C)c(SC(CCc2ccc(Cl)cc2)Cn2ccnc2)c1. The van der Waals surface area contributed by atoms with Crippen molar-refractivity contribution in [3.8, 4) is 0 Å². The molecular formula is C21H23ClN2S. The molecule has 2 nitrogen and oxygen atoms in total. The molecule has 0 amide bonds. The molecule has 2 aromatic carbocycles. The molecule has 0 aliphatic rings. The van der Waals surface area contributed by atoms with E-state index in [1.165, 1.54) is 21.6 Å². The molecule has 0 aliphatic heterocycles. The Morgan fingerprint density at radius 2 is 1.92 bits per heavy atom. The highest BCUT2D eigenvalue weighted by Gasteiger charge is 2.13. The summed E-state index contributed by atoms with van der Waals surface area (Å²) < 4.78 is 2.17. The zero-order valence-electron chi connectivity index (χ0n) is 14.7. The van der Waals surface area contributed by atoms with Crippen LogP contribution in [-0.4, -0.2) is 14.8 Å². The molecule has 0 saturated heterocycles. The lowest BCUT2D eigenvalue weighted by atomic mass is 10.1. The van der Waals surface area contributed by atoms with Crippen molar-refractivity contribution in [2.24, 2.45) is 0 Å². The number of nitrogens with zero attached hydrogens (tertiary/aromatic N) is 2. The van der Waals surface area contributed by atoms with Crippen molar-refractivity contribution in [1.82, 2.24) is 9.55 Å². The molecule has 0 bridgehead atoms. The molecule has 0 fully saturated rings. The number of hydrogen-bond donors (Lipinski definition) is 0. The van der Waals surface area contributed by atoms with E-state index in [1.54, 1.807) is 0 Å². The summed E-state index contributed by atoms with van der Waals surface area (Å²) in [6.07, 6.45) is 7.95. The third-order valence-corrected chi connectivity index (χ3v) is 5.94. The van der Waals surface area contributed by atoms with Gasteiger partial charge >= 0.3 is 0 Å². The maximum absolute atomic E-state index is 5.99. The van der Waals surface area contributed by atoms with Crippen LogP contribution in [0.5, 0.6) is 0 Å². The highest BCUT2D eigenvalue weighted by atomic mass is 35.5.